The Hall–Kier alpha value is -2.93. The Morgan fingerprint density at radius 1 is 1.33 bits per heavy atom. The standard InChI is InChI=1S/C20H20FN3O3/c21-16-6-1-5-15-17(25)10-14(23-19(15)16)11-22-13-4-2-8-24(12-13)20(26)18-7-3-9-27-18/h1,3,5-7,9-10,13,22H,2,4,8,11-12H2,(H,23,25)/t13-/m0/s1. The van der Waals surface area contributed by atoms with Crippen LogP contribution in [-0.2, 0) is 6.54 Å². The normalized spacial score (nSPS) is 17.4. The summed E-state index contributed by atoms with van der Waals surface area (Å²) in [6, 6.07) is 9.40. The average molecular weight is 369 g/mol. The lowest BCUT2D eigenvalue weighted by Crippen LogP contribution is -2.47. The summed E-state index contributed by atoms with van der Waals surface area (Å²) < 4.78 is 19.2. The van der Waals surface area contributed by atoms with Gasteiger partial charge < -0.3 is 19.6 Å². The highest BCUT2D eigenvalue weighted by Crippen LogP contribution is 2.16. The molecular formula is C20H20FN3O3. The fourth-order valence-electron chi connectivity index (χ4n) is 3.52. The van der Waals surface area contributed by atoms with Crippen LogP contribution in [0.25, 0.3) is 10.9 Å². The molecule has 2 N–H and O–H groups in total. The van der Waals surface area contributed by atoms with Crippen LogP contribution in [0.15, 0.2) is 51.9 Å². The number of carbonyl (C=O) groups is 1. The number of hydrogen-bond donors (Lipinski definition) is 2. The molecule has 6 nitrogen and oxygen atoms in total. The van der Waals surface area contributed by atoms with Crippen LogP contribution < -0.4 is 10.7 Å². The predicted octanol–water partition coefficient (Wildman–Crippen LogP) is 2.65. The van der Waals surface area contributed by atoms with Gasteiger partial charge in [0.2, 0.25) is 0 Å². The van der Waals surface area contributed by atoms with E-state index in [9.17, 15) is 14.0 Å². The van der Waals surface area contributed by atoms with Crippen molar-refractivity contribution in [2.45, 2.75) is 25.4 Å². The summed E-state index contributed by atoms with van der Waals surface area (Å²) in [5.74, 6) is -0.225. The van der Waals surface area contributed by atoms with Crippen molar-refractivity contribution >= 4 is 16.8 Å². The van der Waals surface area contributed by atoms with E-state index in [0.29, 0.717) is 36.5 Å². The number of rotatable bonds is 4. The Labute approximate surface area is 155 Å². The van der Waals surface area contributed by atoms with E-state index >= 15 is 0 Å². The van der Waals surface area contributed by atoms with Crippen molar-refractivity contribution in [1.82, 2.24) is 15.2 Å². The minimum atomic E-state index is -0.445. The van der Waals surface area contributed by atoms with Crippen LogP contribution in [0.5, 0.6) is 0 Å². The van der Waals surface area contributed by atoms with Crippen LogP contribution in [0.3, 0.4) is 0 Å². The molecule has 1 aliphatic heterocycles. The molecular weight excluding hydrogens is 349 g/mol. The highest BCUT2D eigenvalue weighted by atomic mass is 19.1. The summed E-state index contributed by atoms with van der Waals surface area (Å²) in [6.07, 6.45) is 3.29. The Bertz CT molecular complexity index is 1010. The number of aromatic amines is 1. The van der Waals surface area contributed by atoms with E-state index in [4.69, 9.17) is 4.42 Å². The van der Waals surface area contributed by atoms with Gasteiger partial charge in [0, 0.05) is 42.8 Å². The number of fused-ring (bicyclic) bond motifs is 1. The molecule has 140 valence electrons. The number of amides is 1. The summed E-state index contributed by atoms with van der Waals surface area (Å²) in [6.45, 7) is 1.65. The van der Waals surface area contributed by atoms with Crippen LogP contribution in [0.4, 0.5) is 4.39 Å². The number of furan rings is 1. The minimum Gasteiger partial charge on any atom is -0.459 e. The first kappa shape index (κ1) is 17.5. The number of pyridine rings is 1. The van der Waals surface area contributed by atoms with Crippen molar-refractivity contribution in [3.8, 4) is 0 Å². The number of halogens is 1. The Morgan fingerprint density at radius 3 is 3.04 bits per heavy atom. The molecule has 3 aromatic rings. The van der Waals surface area contributed by atoms with Crippen LogP contribution >= 0.6 is 0 Å². The second kappa shape index (κ2) is 7.36. The second-order valence-electron chi connectivity index (χ2n) is 6.77. The van der Waals surface area contributed by atoms with Crippen molar-refractivity contribution in [3.05, 3.63) is 70.2 Å². The highest BCUT2D eigenvalue weighted by molar-refractivity contribution is 5.91. The SMILES string of the molecule is O=C(c1ccco1)N1CCC[C@H](NCc2cc(=O)c3cccc(F)c3[nH]2)C1. The van der Waals surface area contributed by atoms with Crippen LogP contribution in [0.2, 0.25) is 0 Å². The summed E-state index contributed by atoms with van der Waals surface area (Å²) in [5, 5.41) is 3.70. The zero-order chi connectivity index (χ0) is 18.8. The number of aromatic nitrogens is 1. The predicted molar refractivity (Wildman–Crippen MR) is 99.0 cm³/mol. The lowest BCUT2D eigenvalue weighted by molar-refractivity contribution is 0.0662. The molecule has 2 aromatic heterocycles. The summed E-state index contributed by atoms with van der Waals surface area (Å²) in [7, 11) is 0. The van der Waals surface area contributed by atoms with E-state index in [1.54, 1.807) is 23.1 Å². The van der Waals surface area contributed by atoms with Gasteiger partial charge in [-0.25, -0.2) is 4.39 Å². The van der Waals surface area contributed by atoms with Gasteiger partial charge in [-0.2, -0.15) is 0 Å². The zero-order valence-corrected chi connectivity index (χ0v) is 14.7. The van der Waals surface area contributed by atoms with E-state index in [-0.39, 0.29) is 22.9 Å². The first-order valence-electron chi connectivity index (χ1n) is 8.98. The molecule has 1 atom stereocenters. The number of piperidine rings is 1. The molecule has 7 heteroatoms. The number of hydrogen-bond acceptors (Lipinski definition) is 4. The number of para-hydroxylation sites is 1. The third-order valence-electron chi connectivity index (χ3n) is 4.89. The maximum absolute atomic E-state index is 14.0. The number of carbonyl (C=O) groups excluding carboxylic acids is 1. The summed E-state index contributed by atoms with van der Waals surface area (Å²) >= 11 is 0. The Balaban J connectivity index is 1.44. The first-order valence-corrected chi connectivity index (χ1v) is 8.98. The fraction of sp³-hybridized carbons (Fsp3) is 0.300. The molecule has 1 aromatic carbocycles. The molecule has 4 rings (SSSR count). The molecule has 3 heterocycles. The van der Waals surface area contributed by atoms with E-state index in [1.807, 2.05) is 0 Å². The summed E-state index contributed by atoms with van der Waals surface area (Å²) in [4.78, 5) is 29.4. The van der Waals surface area contributed by atoms with Gasteiger partial charge in [0.25, 0.3) is 5.91 Å². The minimum absolute atomic E-state index is 0.0949. The maximum atomic E-state index is 14.0. The number of likely N-dealkylation sites (tertiary alicyclic amines) is 1. The second-order valence-corrected chi connectivity index (χ2v) is 6.77. The topological polar surface area (TPSA) is 78.3 Å². The molecule has 0 saturated carbocycles. The van der Waals surface area contributed by atoms with Gasteiger partial charge in [0.05, 0.1) is 11.8 Å². The molecule has 1 saturated heterocycles. The molecule has 0 spiro atoms. The largest absolute Gasteiger partial charge is 0.459 e. The smallest absolute Gasteiger partial charge is 0.289 e. The number of benzene rings is 1. The molecule has 27 heavy (non-hydrogen) atoms. The molecule has 0 unspecified atom stereocenters. The van der Waals surface area contributed by atoms with Crippen LogP contribution in [-0.4, -0.2) is 34.9 Å². The molecule has 0 radical (unpaired) electrons. The Morgan fingerprint density at radius 2 is 2.22 bits per heavy atom. The van der Waals surface area contributed by atoms with Gasteiger partial charge in [-0.15, -0.1) is 0 Å². The maximum Gasteiger partial charge on any atom is 0.289 e. The van der Waals surface area contributed by atoms with Gasteiger partial charge in [-0.05, 0) is 37.1 Å². The van der Waals surface area contributed by atoms with E-state index in [1.165, 1.54) is 24.5 Å². The summed E-state index contributed by atoms with van der Waals surface area (Å²) in [5.41, 5.74) is 0.630. The average Bonchev–Trinajstić information content (AvgIpc) is 3.22. The quantitative estimate of drug-likeness (QED) is 0.741. The van der Waals surface area contributed by atoms with Crippen LogP contribution in [0.1, 0.15) is 29.1 Å². The lowest BCUT2D eigenvalue weighted by Gasteiger charge is -2.32. The first-order chi connectivity index (χ1) is 13.1. The van der Waals surface area contributed by atoms with Crippen molar-refractivity contribution in [2.24, 2.45) is 0 Å². The monoisotopic (exact) mass is 369 g/mol. The van der Waals surface area contributed by atoms with Crippen molar-refractivity contribution < 1.29 is 13.6 Å². The van der Waals surface area contributed by atoms with Crippen molar-refractivity contribution in [2.75, 3.05) is 13.1 Å². The number of nitrogens with zero attached hydrogens (tertiary/aromatic N) is 1. The number of nitrogens with one attached hydrogen (secondary N) is 2. The number of H-pyrrole nitrogens is 1. The van der Waals surface area contributed by atoms with Gasteiger partial charge >= 0.3 is 0 Å². The van der Waals surface area contributed by atoms with E-state index in [0.717, 1.165) is 12.8 Å². The molecule has 1 aliphatic rings. The molecule has 1 fully saturated rings. The van der Waals surface area contributed by atoms with Crippen molar-refractivity contribution in [1.29, 1.82) is 0 Å². The van der Waals surface area contributed by atoms with Gasteiger partial charge in [0.1, 0.15) is 5.82 Å². The fourth-order valence-corrected chi connectivity index (χ4v) is 3.52. The third kappa shape index (κ3) is 3.64. The van der Waals surface area contributed by atoms with Crippen LogP contribution in [0, 0.1) is 5.82 Å². The highest BCUT2D eigenvalue weighted by Gasteiger charge is 2.25. The third-order valence-corrected chi connectivity index (χ3v) is 4.89. The molecule has 1 amide bonds. The Kier molecular flexibility index (Phi) is 4.77. The molecule has 0 bridgehead atoms. The van der Waals surface area contributed by atoms with Gasteiger partial charge in [-0.1, -0.05) is 6.07 Å². The van der Waals surface area contributed by atoms with E-state index in [2.05, 4.69) is 10.3 Å². The van der Waals surface area contributed by atoms with Gasteiger partial charge in [0.15, 0.2) is 11.2 Å². The van der Waals surface area contributed by atoms with E-state index < -0.39 is 5.82 Å². The zero-order valence-electron chi connectivity index (χ0n) is 14.7. The van der Waals surface area contributed by atoms with Gasteiger partial charge in [-0.3, -0.25) is 9.59 Å². The lowest BCUT2D eigenvalue weighted by atomic mass is 10.1. The van der Waals surface area contributed by atoms with Crippen molar-refractivity contribution in [3.63, 3.8) is 0 Å². The molecule has 0 aliphatic carbocycles.